The molecular weight excluding hydrogens is 260 g/mol. The molecule has 1 aliphatic rings. The van der Waals surface area contributed by atoms with Crippen LogP contribution in [0.1, 0.15) is 25.8 Å². The van der Waals surface area contributed by atoms with E-state index in [4.69, 9.17) is 22.1 Å². The first-order chi connectivity index (χ1) is 8.99. The van der Waals surface area contributed by atoms with Crippen LogP contribution in [0.25, 0.3) is 0 Å². The summed E-state index contributed by atoms with van der Waals surface area (Å²) in [5.74, 6) is 0. The minimum Gasteiger partial charge on any atom is -0.376 e. The van der Waals surface area contributed by atoms with Gasteiger partial charge in [-0.25, -0.2) is 0 Å². The highest BCUT2D eigenvalue weighted by Gasteiger charge is 2.29. The fourth-order valence-corrected chi connectivity index (χ4v) is 3.01. The molecule has 1 saturated heterocycles. The molecule has 19 heavy (non-hydrogen) atoms. The van der Waals surface area contributed by atoms with Crippen LogP contribution in [0.2, 0.25) is 5.02 Å². The van der Waals surface area contributed by atoms with E-state index in [0.717, 1.165) is 24.5 Å². The molecule has 0 radical (unpaired) electrons. The monoisotopic (exact) mass is 282 g/mol. The van der Waals surface area contributed by atoms with Gasteiger partial charge in [-0.3, -0.25) is 0 Å². The van der Waals surface area contributed by atoms with Gasteiger partial charge in [0.1, 0.15) is 0 Å². The maximum atomic E-state index is 6.11. The zero-order valence-electron chi connectivity index (χ0n) is 11.9. The number of ether oxygens (including phenoxy) is 1. The molecule has 1 aromatic rings. The molecule has 0 amide bonds. The number of nitrogens with zero attached hydrogens (tertiary/aromatic N) is 1. The molecule has 0 aromatic heterocycles. The lowest BCUT2D eigenvalue weighted by atomic mass is 10.0. The second kappa shape index (κ2) is 6.12. The highest BCUT2D eigenvalue weighted by Crippen LogP contribution is 2.29. The van der Waals surface area contributed by atoms with E-state index in [9.17, 15) is 0 Å². The van der Waals surface area contributed by atoms with E-state index in [0.29, 0.717) is 6.04 Å². The maximum absolute atomic E-state index is 6.11. The molecule has 0 spiro atoms. The van der Waals surface area contributed by atoms with Gasteiger partial charge in [0.15, 0.2) is 0 Å². The maximum Gasteiger partial charge on any atom is 0.0750 e. The van der Waals surface area contributed by atoms with Crippen LogP contribution in [0, 0.1) is 0 Å². The number of hydrogen-bond acceptors (Lipinski definition) is 3. The molecule has 3 unspecified atom stereocenters. The number of benzene rings is 1. The predicted octanol–water partition coefficient (Wildman–Crippen LogP) is 2.84. The first-order valence-corrected chi connectivity index (χ1v) is 7.25. The van der Waals surface area contributed by atoms with Gasteiger partial charge in [0.2, 0.25) is 0 Å². The predicted molar refractivity (Wildman–Crippen MR) is 81.0 cm³/mol. The van der Waals surface area contributed by atoms with Gasteiger partial charge in [-0.15, -0.1) is 0 Å². The van der Waals surface area contributed by atoms with E-state index in [-0.39, 0.29) is 12.1 Å². The number of rotatable bonds is 4. The second-order valence-corrected chi connectivity index (χ2v) is 5.93. The first kappa shape index (κ1) is 14.6. The average Bonchev–Trinajstić information content (AvgIpc) is 2.74. The molecule has 3 nitrogen and oxygen atoms in total. The summed E-state index contributed by atoms with van der Waals surface area (Å²) in [4.78, 5) is 2.31. The van der Waals surface area contributed by atoms with Gasteiger partial charge in [-0.2, -0.15) is 0 Å². The van der Waals surface area contributed by atoms with Crippen molar-refractivity contribution in [3.05, 3.63) is 28.8 Å². The van der Waals surface area contributed by atoms with Crippen molar-refractivity contribution in [2.24, 2.45) is 5.73 Å². The molecule has 1 heterocycles. The summed E-state index contributed by atoms with van der Waals surface area (Å²) >= 11 is 6.11. The Hall–Kier alpha value is -0.770. The summed E-state index contributed by atoms with van der Waals surface area (Å²) in [7, 11) is 2.13. The minimum atomic E-state index is 0.128. The van der Waals surface area contributed by atoms with E-state index in [1.165, 1.54) is 11.3 Å². The summed E-state index contributed by atoms with van der Waals surface area (Å²) in [6.07, 6.45) is 2.17. The van der Waals surface area contributed by atoms with Crippen molar-refractivity contribution in [1.82, 2.24) is 0 Å². The summed E-state index contributed by atoms with van der Waals surface area (Å²) in [5, 5.41) is 0.767. The third kappa shape index (κ3) is 3.41. The fraction of sp³-hybridized carbons (Fsp3) is 0.600. The van der Waals surface area contributed by atoms with E-state index >= 15 is 0 Å². The lowest BCUT2D eigenvalue weighted by molar-refractivity contribution is 0.118. The molecule has 1 aliphatic heterocycles. The molecule has 0 bridgehead atoms. The Labute approximate surface area is 120 Å². The Morgan fingerprint density at radius 3 is 2.84 bits per heavy atom. The number of anilines is 1. The highest BCUT2D eigenvalue weighted by molar-refractivity contribution is 6.30. The molecule has 1 aromatic carbocycles. The zero-order valence-corrected chi connectivity index (χ0v) is 12.7. The Morgan fingerprint density at radius 2 is 2.26 bits per heavy atom. The summed E-state index contributed by atoms with van der Waals surface area (Å²) in [5.41, 5.74) is 8.36. The quantitative estimate of drug-likeness (QED) is 0.923. The van der Waals surface area contributed by atoms with E-state index in [2.05, 4.69) is 24.9 Å². The van der Waals surface area contributed by atoms with Crippen molar-refractivity contribution in [3.8, 4) is 0 Å². The lowest BCUT2D eigenvalue weighted by Gasteiger charge is -2.31. The Bertz CT molecular complexity index is 436. The highest BCUT2D eigenvalue weighted by atomic mass is 35.5. The van der Waals surface area contributed by atoms with Gasteiger partial charge in [0.05, 0.1) is 12.1 Å². The van der Waals surface area contributed by atoms with Gasteiger partial charge >= 0.3 is 0 Å². The van der Waals surface area contributed by atoms with Crippen molar-refractivity contribution in [2.75, 3.05) is 18.6 Å². The molecular formula is C15H23ClN2O. The van der Waals surface area contributed by atoms with Crippen LogP contribution in [0.3, 0.4) is 0 Å². The van der Waals surface area contributed by atoms with Gasteiger partial charge in [-0.1, -0.05) is 11.6 Å². The van der Waals surface area contributed by atoms with Crippen molar-refractivity contribution in [1.29, 1.82) is 0 Å². The molecule has 3 atom stereocenters. The van der Waals surface area contributed by atoms with Crippen molar-refractivity contribution in [2.45, 2.75) is 44.9 Å². The van der Waals surface area contributed by atoms with Crippen LogP contribution in [0.15, 0.2) is 18.2 Å². The van der Waals surface area contributed by atoms with E-state index < -0.39 is 0 Å². The smallest absolute Gasteiger partial charge is 0.0750 e. The van der Waals surface area contributed by atoms with Crippen LogP contribution >= 0.6 is 11.6 Å². The van der Waals surface area contributed by atoms with Gasteiger partial charge in [0.25, 0.3) is 0 Å². The van der Waals surface area contributed by atoms with E-state index in [1.54, 1.807) is 0 Å². The number of hydrogen-bond donors (Lipinski definition) is 1. The summed E-state index contributed by atoms with van der Waals surface area (Å²) < 4.78 is 5.66. The summed E-state index contributed by atoms with van der Waals surface area (Å²) in [6.45, 7) is 4.99. The summed E-state index contributed by atoms with van der Waals surface area (Å²) in [6, 6.07) is 6.61. The fourth-order valence-electron chi connectivity index (χ4n) is 2.82. The molecule has 106 valence electrons. The van der Waals surface area contributed by atoms with Gasteiger partial charge in [0, 0.05) is 30.4 Å². The molecule has 2 rings (SSSR count). The van der Waals surface area contributed by atoms with Crippen LogP contribution in [-0.2, 0) is 11.2 Å². The van der Waals surface area contributed by atoms with E-state index in [1.807, 2.05) is 19.1 Å². The molecule has 1 fully saturated rings. The molecule has 0 aliphatic carbocycles. The Morgan fingerprint density at radius 1 is 1.53 bits per heavy atom. The largest absolute Gasteiger partial charge is 0.376 e. The first-order valence-electron chi connectivity index (χ1n) is 6.87. The zero-order chi connectivity index (χ0) is 14.0. The normalized spacial score (nSPS) is 24.5. The van der Waals surface area contributed by atoms with Crippen LogP contribution in [0.4, 0.5) is 5.69 Å². The van der Waals surface area contributed by atoms with Crippen molar-refractivity contribution >= 4 is 17.3 Å². The number of nitrogens with two attached hydrogens (primary N) is 1. The third-order valence-electron chi connectivity index (χ3n) is 3.80. The Kier molecular flexibility index (Phi) is 4.71. The second-order valence-electron chi connectivity index (χ2n) is 5.50. The standard InChI is InChI=1S/C15H23ClN2O/c1-10(17)8-12-9-13(16)4-5-15(12)18(3)14-6-7-19-11(14)2/h4-5,9-11,14H,6-8,17H2,1-3H3. The number of halogens is 1. The topological polar surface area (TPSA) is 38.5 Å². The van der Waals surface area contributed by atoms with Crippen LogP contribution in [0.5, 0.6) is 0 Å². The van der Waals surface area contributed by atoms with Crippen LogP contribution in [-0.4, -0.2) is 31.8 Å². The molecule has 2 N–H and O–H groups in total. The van der Waals surface area contributed by atoms with Gasteiger partial charge in [-0.05, 0) is 50.5 Å². The lowest BCUT2D eigenvalue weighted by Crippen LogP contribution is -2.37. The van der Waals surface area contributed by atoms with Crippen LogP contribution < -0.4 is 10.6 Å². The third-order valence-corrected chi connectivity index (χ3v) is 4.03. The van der Waals surface area contributed by atoms with Gasteiger partial charge < -0.3 is 15.4 Å². The SMILES string of the molecule is CC(N)Cc1cc(Cl)ccc1N(C)C1CCOC1C. The molecule has 4 heteroatoms. The van der Waals surface area contributed by atoms with Crippen molar-refractivity contribution < 1.29 is 4.74 Å². The van der Waals surface area contributed by atoms with Crippen molar-refractivity contribution in [3.63, 3.8) is 0 Å². The average molecular weight is 283 g/mol. The molecule has 0 saturated carbocycles. The number of likely N-dealkylation sites (N-methyl/N-ethyl adjacent to an activating group) is 1. The minimum absolute atomic E-state index is 0.128. The Balaban J connectivity index is 2.27.